The van der Waals surface area contributed by atoms with Crippen LogP contribution in [-0.4, -0.2) is 13.2 Å². The molecule has 106 valence electrons. The SMILES string of the molecule is CCCNC1CCc2c(OCC(C)CC)cccc21. The molecule has 0 heterocycles. The third-order valence-electron chi connectivity index (χ3n) is 4.09. The van der Waals surface area contributed by atoms with Crippen LogP contribution in [0.25, 0.3) is 0 Å². The molecule has 1 aliphatic rings. The first-order valence-electron chi connectivity index (χ1n) is 7.74. The Morgan fingerprint density at radius 3 is 2.95 bits per heavy atom. The zero-order valence-electron chi connectivity index (χ0n) is 12.5. The lowest BCUT2D eigenvalue weighted by Gasteiger charge is -2.16. The Labute approximate surface area is 117 Å². The van der Waals surface area contributed by atoms with Gasteiger partial charge in [0.2, 0.25) is 0 Å². The highest BCUT2D eigenvalue weighted by atomic mass is 16.5. The van der Waals surface area contributed by atoms with E-state index in [2.05, 4.69) is 44.3 Å². The van der Waals surface area contributed by atoms with Gasteiger partial charge >= 0.3 is 0 Å². The molecule has 2 rings (SSSR count). The van der Waals surface area contributed by atoms with Crippen molar-refractivity contribution in [2.45, 2.75) is 52.5 Å². The molecule has 1 aromatic rings. The summed E-state index contributed by atoms with van der Waals surface area (Å²) in [6.45, 7) is 8.61. The van der Waals surface area contributed by atoms with Crippen molar-refractivity contribution in [3.05, 3.63) is 29.3 Å². The maximum atomic E-state index is 6.03. The molecule has 0 saturated carbocycles. The molecule has 2 atom stereocenters. The smallest absolute Gasteiger partial charge is 0.122 e. The predicted molar refractivity (Wildman–Crippen MR) is 80.7 cm³/mol. The normalized spacial score (nSPS) is 19.2. The first-order chi connectivity index (χ1) is 9.26. The fraction of sp³-hybridized carbons (Fsp3) is 0.647. The van der Waals surface area contributed by atoms with Gasteiger partial charge in [0.1, 0.15) is 5.75 Å². The monoisotopic (exact) mass is 261 g/mol. The number of ether oxygens (including phenoxy) is 1. The molecule has 1 aromatic carbocycles. The highest BCUT2D eigenvalue weighted by Crippen LogP contribution is 2.37. The Hall–Kier alpha value is -1.02. The van der Waals surface area contributed by atoms with Crippen LogP contribution >= 0.6 is 0 Å². The van der Waals surface area contributed by atoms with Crippen molar-refractivity contribution < 1.29 is 4.74 Å². The van der Waals surface area contributed by atoms with E-state index in [9.17, 15) is 0 Å². The highest BCUT2D eigenvalue weighted by Gasteiger charge is 2.24. The van der Waals surface area contributed by atoms with E-state index in [1.54, 1.807) is 0 Å². The molecule has 2 nitrogen and oxygen atoms in total. The van der Waals surface area contributed by atoms with E-state index in [0.29, 0.717) is 12.0 Å². The number of hydrogen-bond acceptors (Lipinski definition) is 2. The van der Waals surface area contributed by atoms with Crippen LogP contribution in [0.5, 0.6) is 5.75 Å². The highest BCUT2D eigenvalue weighted by molar-refractivity contribution is 5.45. The second-order valence-electron chi connectivity index (χ2n) is 5.69. The minimum absolute atomic E-state index is 0.530. The molecule has 0 amide bonds. The Balaban J connectivity index is 2.05. The Kier molecular flexibility index (Phi) is 5.26. The number of fused-ring (bicyclic) bond motifs is 1. The molecular formula is C17H27NO. The minimum atomic E-state index is 0.530. The van der Waals surface area contributed by atoms with Crippen LogP contribution in [0.1, 0.15) is 57.2 Å². The molecule has 0 aliphatic heterocycles. The van der Waals surface area contributed by atoms with Gasteiger partial charge in [-0.1, -0.05) is 39.3 Å². The van der Waals surface area contributed by atoms with Crippen LogP contribution in [0.15, 0.2) is 18.2 Å². The zero-order valence-corrected chi connectivity index (χ0v) is 12.5. The van der Waals surface area contributed by atoms with Gasteiger partial charge in [0.05, 0.1) is 6.61 Å². The lowest BCUT2D eigenvalue weighted by Crippen LogP contribution is -2.19. The average Bonchev–Trinajstić information content (AvgIpc) is 2.86. The van der Waals surface area contributed by atoms with Crippen LogP contribution < -0.4 is 10.1 Å². The van der Waals surface area contributed by atoms with E-state index in [0.717, 1.165) is 25.3 Å². The first-order valence-corrected chi connectivity index (χ1v) is 7.74. The third kappa shape index (κ3) is 3.50. The van der Waals surface area contributed by atoms with Crippen molar-refractivity contribution in [3.8, 4) is 5.75 Å². The summed E-state index contributed by atoms with van der Waals surface area (Å²) in [7, 11) is 0. The molecule has 0 bridgehead atoms. The van der Waals surface area contributed by atoms with Gasteiger partial charge in [-0.2, -0.15) is 0 Å². The summed E-state index contributed by atoms with van der Waals surface area (Å²) in [5, 5.41) is 3.64. The quantitative estimate of drug-likeness (QED) is 0.798. The van der Waals surface area contributed by atoms with E-state index in [-0.39, 0.29) is 0 Å². The van der Waals surface area contributed by atoms with Crippen LogP contribution in [0.3, 0.4) is 0 Å². The molecule has 0 fully saturated rings. The van der Waals surface area contributed by atoms with Crippen molar-refractivity contribution in [2.24, 2.45) is 5.92 Å². The summed E-state index contributed by atoms with van der Waals surface area (Å²) >= 11 is 0. The summed E-state index contributed by atoms with van der Waals surface area (Å²) in [6.07, 6.45) is 4.72. The summed E-state index contributed by atoms with van der Waals surface area (Å²) in [5.74, 6) is 1.74. The van der Waals surface area contributed by atoms with Gasteiger partial charge < -0.3 is 10.1 Å². The Morgan fingerprint density at radius 2 is 2.21 bits per heavy atom. The van der Waals surface area contributed by atoms with Crippen molar-refractivity contribution in [1.82, 2.24) is 5.32 Å². The van der Waals surface area contributed by atoms with E-state index in [1.807, 2.05) is 0 Å². The molecular weight excluding hydrogens is 234 g/mol. The maximum Gasteiger partial charge on any atom is 0.122 e. The fourth-order valence-electron chi connectivity index (χ4n) is 2.64. The Bertz CT molecular complexity index is 402. The molecule has 0 aromatic heterocycles. The molecule has 1 N–H and O–H groups in total. The summed E-state index contributed by atoms with van der Waals surface area (Å²) in [5.41, 5.74) is 2.88. The van der Waals surface area contributed by atoms with Gasteiger partial charge in [-0.25, -0.2) is 0 Å². The van der Waals surface area contributed by atoms with E-state index < -0.39 is 0 Å². The van der Waals surface area contributed by atoms with Crippen molar-refractivity contribution in [3.63, 3.8) is 0 Å². The minimum Gasteiger partial charge on any atom is -0.493 e. The Morgan fingerprint density at radius 1 is 1.37 bits per heavy atom. The van der Waals surface area contributed by atoms with E-state index in [1.165, 1.54) is 30.4 Å². The topological polar surface area (TPSA) is 21.3 Å². The lowest BCUT2D eigenvalue weighted by molar-refractivity contribution is 0.254. The summed E-state index contributed by atoms with van der Waals surface area (Å²) in [4.78, 5) is 0. The largest absolute Gasteiger partial charge is 0.493 e. The van der Waals surface area contributed by atoms with Crippen LogP contribution in [0, 0.1) is 5.92 Å². The average molecular weight is 261 g/mol. The standard InChI is InChI=1S/C17H27NO/c1-4-11-18-16-10-9-15-14(16)7-6-8-17(15)19-12-13(3)5-2/h6-8,13,16,18H,4-5,9-12H2,1-3H3. The molecule has 0 radical (unpaired) electrons. The third-order valence-corrected chi connectivity index (χ3v) is 4.09. The number of hydrogen-bond donors (Lipinski definition) is 1. The van der Waals surface area contributed by atoms with Gasteiger partial charge in [-0.3, -0.25) is 0 Å². The second-order valence-corrected chi connectivity index (χ2v) is 5.69. The fourth-order valence-corrected chi connectivity index (χ4v) is 2.64. The lowest BCUT2D eigenvalue weighted by atomic mass is 10.1. The summed E-state index contributed by atoms with van der Waals surface area (Å²) < 4.78 is 6.03. The molecule has 2 heteroatoms. The van der Waals surface area contributed by atoms with Crippen LogP contribution in [0.2, 0.25) is 0 Å². The molecule has 19 heavy (non-hydrogen) atoms. The molecule has 0 saturated heterocycles. The van der Waals surface area contributed by atoms with Crippen molar-refractivity contribution in [1.29, 1.82) is 0 Å². The van der Waals surface area contributed by atoms with E-state index in [4.69, 9.17) is 4.74 Å². The zero-order chi connectivity index (χ0) is 13.7. The summed E-state index contributed by atoms with van der Waals surface area (Å²) in [6, 6.07) is 7.05. The van der Waals surface area contributed by atoms with Gasteiger partial charge in [-0.15, -0.1) is 0 Å². The number of rotatable bonds is 7. The van der Waals surface area contributed by atoms with Gasteiger partial charge in [-0.05, 0) is 48.9 Å². The van der Waals surface area contributed by atoms with Gasteiger partial charge in [0, 0.05) is 6.04 Å². The molecule has 2 unspecified atom stereocenters. The van der Waals surface area contributed by atoms with E-state index >= 15 is 0 Å². The first kappa shape index (κ1) is 14.4. The van der Waals surface area contributed by atoms with Crippen molar-refractivity contribution >= 4 is 0 Å². The van der Waals surface area contributed by atoms with Gasteiger partial charge in [0.25, 0.3) is 0 Å². The predicted octanol–water partition coefficient (Wildman–Crippen LogP) is 4.10. The molecule has 0 spiro atoms. The maximum absolute atomic E-state index is 6.03. The van der Waals surface area contributed by atoms with Crippen LogP contribution in [-0.2, 0) is 6.42 Å². The van der Waals surface area contributed by atoms with Crippen molar-refractivity contribution in [2.75, 3.05) is 13.2 Å². The van der Waals surface area contributed by atoms with Gasteiger partial charge in [0.15, 0.2) is 0 Å². The molecule has 1 aliphatic carbocycles. The second kappa shape index (κ2) is 6.95. The number of nitrogens with one attached hydrogen (secondary N) is 1. The van der Waals surface area contributed by atoms with Crippen LogP contribution in [0.4, 0.5) is 0 Å². The number of benzene rings is 1.